The van der Waals surface area contributed by atoms with Crippen molar-refractivity contribution < 1.29 is 0 Å². The van der Waals surface area contributed by atoms with Crippen molar-refractivity contribution in [1.29, 1.82) is 0 Å². The fourth-order valence-electron chi connectivity index (χ4n) is 2.84. The number of nitrogens with one attached hydrogen (secondary N) is 1. The molecule has 0 saturated carbocycles. The van der Waals surface area contributed by atoms with Gasteiger partial charge in [-0.15, -0.1) is 0 Å². The van der Waals surface area contributed by atoms with Gasteiger partial charge in [-0.05, 0) is 49.6 Å². The molecule has 0 amide bonds. The van der Waals surface area contributed by atoms with Crippen LogP contribution in [0.15, 0.2) is 41.3 Å². The Morgan fingerprint density at radius 3 is 2.58 bits per heavy atom. The molecule has 0 atom stereocenters. The summed E-state index contributed by atoms with van der Waals surface area (Å²) in [6.07, 6.45) is 3.74. The van der Waals surface area contributed by atoms with E-state index in [-0.39, 0.29) is 5.56 Å². The van der Waals surface area contributed by atoms with E-state index in [0.29, 0.717) is 18.1 Å². The molecule has 0 unspecified atom stereocenters. The average molecular weight is 322 g/mol. The van der Waals surface area contributed by atoms with Crippen LogP contribution < -0.4 is 10.9 Å². The molecule has 1 N–H and O–H groups in total. The Balaban J connectivity index is 2.01. The molecule has 0 radical (unpaired) electrons. The van der Waals surface area contributed by atoms with Crippen molar-refractivity contribution in [1.82, 2.24) is 14.5 Å². The molecule has 0 fully saturated rings. The topological polar surface area (TPSA) is 59.8 Å². The van der Waals surface area contributed by atoms with E-state index in [0.717, 1.165) is 23.9 Å². The van der Waals surface area contributed by atoms with Gasteiger partial charge in [0.15, 0.2) is 0 Å². The Labute approximate surface area is 141 Å². The molecule has 3 aromatic rings. The van der Waals surface area contributed by atoms with Crippen molar-refractivity contribution >= 4 is 22.7 Å². The van der Waals surface area contributed by atoms with Crippen molar-refractivity contribution in [2.75, 3.05) is 5.32 Å². The van der Waals surface area contributed by atoms with Gasteiger partial charge in [-0.1, -0.05) is 19.4 Å². The molecule has 3 rings (SSSR count). The zero-order valence-corrected chi connectivity index (χ0v) is 14.3. The lowest BCUT2D eigenvalue weighted by atomic mass is 10.1. The summed E-state index contributed by atoms with van der Waals surface area (Å²) in [5.74, 6) is 0.503. The van der Waals surface area contributed by atoms with Gasteiger partial charge < -0.3 is 5.32 Å². The zero-order valence-electron chi connectivity index (χ0n) is 14.3. The number of hydrogen-bond acceptors (Lipinski definition) is 4. The Morgan fingerprint density at radius 1 is 1.12 bits per heavy atom. The van der Waals surface area contributed by atoms with Crippen LogP contribution in [0.25, 0.3) is 11.0 Å². The number of pyridine rings is 1. The standard InChI is InChI=1S/C19H22N4O/c1-4-5-8-23-17(24)7-6-15-12-20-19(22-18(15)23)21-16-10-13(2)9-14(3)11-16/h6-7,9-12H,4-5,8H2,1-3H3,(H,20,21,22). The van der Waals surface area contributed by atoms with E-state index in [1.54, 1.807) is 22.9 Å². The minimum absolute atomic E-state index is 0.0213. The van der Waals surface area contributed by atoms with E-state index in [2.05, 4.69) is 54.3 Å². The third kappa shape index (κ3) is 3.45. The van der Waals surface area contributed by atoms with E-state index in [4.69, 9.17) is 0 Å². The molecule has 5 nitrogen and oxygen atoms in total. The lowest BCUT2D eigenvalue weighted by Gasteiger charge is -2.11. The van der Waals surface area contributed by atoms with E-state index >= 15 is 0 Å². The molecule has 2 aromatic heterocycles. The first-order chi connectivity index (χ1) is 11.6. The summed E-state index contributed by atoms with van der Waals surface area (Å²) in [7, 11) is 0. The Morgan fingerprint density at radius 2 is 1.88 bits per heavy atom. The molecule has 0 aliphatic heterocycles. The summed E-state index contributed by atoms with van der Waals surface area (Å²) >= 11 is 0. The van der Waals surface area contributed by atoms with Crippen LogP contribution in [0.5, 0.6) is 0 Å². The van der Waals surface area contributed by atoms with Crippen molar-refractivity contribution in [3.05, 3.63) is 58.0 Å². The molecule has 24 heavy (non-hydrogen) atoms. The van der Waals surface area contributed by atoms with Crippen LogP contribution in [0.1, 0.15) is 30.9 Å². The SMILES string of the molecule is CCCCn1c(=O)ccc2cnc(Nc3cc(C)cc(C)c3)nc21. The van der Waals surface area contributed by atoms with Gasteiger partial charge in [0.1, 0.15) is 5.65 Å². The molecular formula is C19H22N4O. The van der Waals surface area contributed by atoms with Gasteiger partial charge in [-0.25, -0.2) is 4.98 Å². The summed E-state index contributed by atoms with van der Waals surface area (Å²) in [5.41, 5.74) is 3.96. The number of benzene rings is 1. The molecule has 124 valence electrons. The van der Waals surface area contributed by atoms with Crippen LogP contribution in [0.2, 0.25) is 0 Å². The van der Waals surface area contributed by atoms with Crippen LogP contribution in [-0.4, -0.2) is 14.5 Å². The number of aryl methyl sites for hydroxylation is 3. The predicted octanol–water partition coefficient (Wildman–Crippen LogP) is 3.95. The number of aromatic nitrogens is 3. The summed E-state index contributed by atoms with van der Waals surface area (Å²) in [6, 6.07) is 9.58. The molecule has 2 heterocycles. The maximum Gasteiger partial charge on any atom is 0.252 e. The molecule has 0 aliphatic carbocycles. The van der Waals surface area contributed by atoms with E-state index < -0.39 is 0 Å². The second-order valence-electron chi connectivity index (χ2n) is 6.15. The van der Waals surface area contributed by atoms with Crippen molar-refractivity contribution in [3.63, 3.8) is 0 Å². The van der Waals surface area contributed by atoms with E-state index in [1.165, 1.54) is 11.1 Å². The maximum atomic E-state index is 12.2. The molecular weight excluding hydrogens is 300 g/mol. The summed E-state index contributed by atoms with van der Waals surface area (Å²) in [5, 5.41) is 4.11. The number of fused-ring (bicyclic) bond motifs is 1. The number of hydrogen-bond donors (Lipinski definition) is 1. The highest BCUT2D eigenvalue weighted by molar-refractivity contribution is 5.75. The minimum atomic E-state index is -0.0213. The van der Waals surface area contributed by atoms with Crippen molar-refractivity contribution in [2.45, 2.75) is 40.2 Å². The van der Waals surface area contributed by atoms with Gasteiger partial charge in [-0.2, -0.15) is 4.98 Å². The smallest absolute Gasteiger partial charge is 0.252 e. The van der Waals surface area contributed by atoms with Gasteiger partial charge in [0.25, 0.3) is 5.56 Å². The second-order valence-corrected chi connectivity index (χ2v) is 6.15. The summed E-state index contributed by atoms with van der Waals surface area (Å²) in [4.78, 5) is 21.1. The fourth-order valence-corrected chi connectivity index (χ4v) is 2.84. The molecule has 0 spiro atoms. The van der Waals surface area contributed by atoms with Gasteiger partial charge >= 0.3 is 0 Å². The van der Waals surface area contributed by atoms with E-state index in [1.807, 2.05) is 0 Å². The largest absolute Gasteiger partial charge is 0.324 e. The average Bonchev–Trinajstić information content (AvgIpc) is 2.53. The molecule has 1 aromatic carbocycles. The lowest BCUT2D eigenvalue weighted by molar-refractivity contribution is 0.627. The van der Waals surface area contributed by atoms with Crippen LogP contribution in [0.4, 0.5) is 11.6 Å². The Bertz CT molecular complexity index is 910. The van der Waals surface area contributed by atoms with Crippen LogP contribution in [0, 0.1) is 13.8 Å². The van der Waals surface area contributed by atoms with Gasteiger partial charge in [0.2, 0.25) is 5.95 Å². The van der Waals surface area contributed by atoms with E-state index in [9.17, 15) is 4.79 Å². The quantitative estimate of drug-likeness (QED) is 0.772. The Hall–Kier alpha value is -2.69. The molecule has 5 heteroatoms. The normalized spacial score (nSPS) is 11.0. The number of rotatable bonds is 5. The predicted molar refractivity (Wildman–Crippen MR) is 97.9 cm³/mol. The minimum Gasteiger partial charge on any atom is -0.324 e. The number of nitrogens with zero attached hydrogens (tertiary/aromatic N) is 3. The zero-order chi connectivity index (χ0) is 17.1. The molecule has 0 bridgehead atoms. The monoisotopic (exact) mass is 322 g/mol. The molecule has 0 saturated heterocycles. The summed E-state index contributed by atoms with van der Waals surface area (Å²) in [6.45, 7) is 6.90. The number of anilines is 2. The summed E-state index contributed by atoms with van der Waals surface area (Å²) < 4.78 is 1.73. The third-order valence-corrected chi connectivity index (χ3v) is 3.94. The van der Waals surface area contributed by atoms with Crippen LogP contribution in [0.3, 0.4) is 0 Å². The second kappa shape index (κ2) is 6.83. The first-order valence-corrected chi connectivity index (χ1v) is 8.29. The molecule has 0 aliphatic rings. The third-order valence-electron chi connectivity index (χ3n) is 3.94. The van der Waals surface area contributed by atoms with Crippen molar-refractivity contribution in [3.8, 4) is 0 Å². The highest BCUT2D eigenvalue weighted by Gasteiger charge is 2.07. The van der Waals surface area contributed by atoms with Crippen molar-refractivity contribution in [2.24, 2.45) is 0 Å². The van der Waals surface area contributed by atoms with Crippen LogP contribution in [-0.2, 0) is 6.54 Å². The first-order valence-electron chi connectivity index (χ1n) is 8.29. The van der Waals surface area contributed by atoms with Gasteiger partial charge in [0.05, 0.1) is 0 Å². The van der Waals surface area contributed by atoms with Gasteiger partial charge in [-0.3, -0.25) is 9.36 Å². The lowest BCUT2D eigenvalue weighted by Crippen LogP contribution is -2.20. The highest BCUT2D eigenvalue weighted by atomic mass is 16.1. The Kier molecular flexibility index (Phi) is 4.60. The van der Waals surface area contributed by atoms with Crippen LogP contribution >= 0.6 is 0 Å². The highest BCUT2D eigenvalue weighted by Crippen LogP contribution is 2.19. The van der Waals surface area contributed by atoms with Gasteiger partial charge in [0, 0.05) is 29.9 Å². The fraction of sp³-hybridized carbons (Fsp3) is 0.316. The maximum absolute atomic E-state index is 12.2. The first kappa shape index (κ1) is 16.2. The number of unbranched alkanes of at least 4 members (excludes halogenated alkanes) is 1.